The van der Waals surface area contributed by atoms with Crippen LogP contribution in [0.3, 0.4) is 0 Å². The average molecular weight is 267 g/mol. The molecule has 1 aliphatic rings. The Morgan fingerprint density at radius 3 is 2.60 bits per heavy atom. The lowest BCUT2D eigenvalue weighted by atomic mass is 10.1. The third-order valence-electron chi connectivity index (χ3n) is 3.72. The number of anilines is 2. The lowest BCUT2D eigenvalue weighted by Gasteiger charge is -2.22. The van der Waals surface area contributed by atoms with Crippen molar-refractivity contribution in [3.63, 3.8) is 0 Å². The maximum absolute atomic E-state index is 12.7. The van der Waals surface area contributed by atoms with Crippen molar-refractivity contribution in [2.24, 2.45) is 5.84 Å². The Kier molecular flexibility index (Phi) is 3.16. The molecule has 0 aliphatic carbocycles. The molecule has 0 radical (unpaired) electrons. The Balaban J connectivity index is 1.94. The number of nitrogens with two attached hydrogens (primary N) is 1. The topological polar surface area (TPSA) is 58.4 Å². The van der Waals surface area contributed by atoms with Gasteiger partial charge in [0.15, 0.2) is 0 Å². The number of carbonyl (C=O) groups is 1. The second-order valence-corrected chi connectivity index (χ2v) is 5.08. The van der Waals surface area contributed by atoms with Crippen LogP contribution in [-0.4, -0.2) is 11.9 Å². The summed E-state index contributed by atoms with van der Waals surface area (Å²) in [6.45, 7) is 2.08. The Hall–Kier alpha value is -2.33. The summed E-state index contributed by atoms with van der Waals surface area (Å²) in [5, 5.41) is 0. The monoisotopic (exact) mass is 267 g/mol. The summed E-state index contributed by atoms with van der Waals surface area (Å²) in [5.74, 6) is 5.37. The van der Waals surface area contributed by atoms with Gasteiger partial charge in [0.2, 0.25) is 0 Å². The Morgan fingerprint density at radius 1 is 1.20 bits per heavy atom. The van der Waals surface area contributed by atoms with Crippen molar-refractivity contribution in [2.45, 2.75) is 19.4 Å². The molecule has 0 spiro atoms. The summed E-state index contributed by atoms with van der Waals surface area (Å²) in [6.07, 6.45) is 0.907. The predicted molar refractivity (Wildman–Crippen MR) is 80.7 cm³/mol. The van der Waals surface area contributed by atoms with E-state index in [0.717, 1.165) is 17.8 Å². The molecule has 0 aromatic heterocycles. The maximum Gasteiger partial charge on any atom is 0.258 e. The van der Waals surface area contributed by atoms with E-state index in [1.54, 1.807) is 24.3 Å². The molecule has 2 aromatic carbocycles. The van der Waals surface area contributed by atoms with Gasteiger partial charge in [-0.3, -0.25) is 10.6 Å². The minimum Gasteiger partial charge on any atom is -0.324 e. The number of nitrogens with one attached hydrogen (secondary N) is 1. The van der Waals surface area contributed by atoms with Gasteiger partial charge in [0, 0.05) is 23.0 Å². The fourth-order valence-electron chi connectivity index (χ4n) is 2.72. The molecule has 0 bridgehead atoms. The molecule has 0 saturated carbocycles. The van der Waals surface area contributed by atoms with Gasteiger partial charge >= 0.3 is 0 Å². The van der Waals surface area contributed by atoms with Gasteiger partial charge in [0.05, 0.1) is 0 Å². The van der Waals surface area contributed by atoms with Crippen molar-refractivity contribution >= 4 is 17.3 Å². The second-order valence-electron chi connectivity index (χ2n) is 5.08. The van der Waals surface area contributed by atoms with Crippen molar-refractivity contribution in [2.75, 3.05) is 10.3 Å². The van der Waals surface area contributed by atoms with E-state index in [4.69, 9.17) is 5.84 Å². The Labute approximate surface area is 118 Å². The van der Waals surface area contributed by atoms with Crippen LogP contribution in [0.5, 0.6) is 0 Å². The summed E-state index contributed by atoms with van der Waals surface area (Å²) < 4.78 is 0. The smallest absolute Gasteiger partial charge is 0.258 e. The summed E-state index contributed by atoms with van der Waals surface area (Å²) in [6, 6.07) is 15.5. The summed E-state index contributed by atoms with van der Waals surface area (Å²) in [4.78, 5) is 14.6. The number of hydrogen-bond acceptors (Lipinski definition) is 3. The molecule has 20 heavy (non-hydrogen) atoms. The van der Waals surface area contributed by atoms with Crippen molar-refractivity contribution in [1.29, 1.82) is 0 Å². The normalized spacial score (nSPS) is 16.9. The Bertz CT molecular complexity index is 636. The molecule has 4 heteroatoms. The van der Waals surface area contributed by atoms with Crippen LogP contribution < -0.4 is 16.2 Å². The van der Waals surface area contributed by atoms with Crippen LogP contribution in [0.15, 0.2) is 48.5 Å². The molecule has 102 valence electrons. The van der Waals surface area contributed by atoms with Gasteiger partial charge < -0.3 is 10.3 Å². The first-order valence-corrected chi connectivity index (χ1v) is 6.69. The highest BCUT2D eigenvalue weighted by Gasteiger charge is 2.30. The molecule has 4 nitrogen and oxygen atoms in total. The average Bonchev–Trinajstić information content (AvgIpc) is 2.82. The number of nitrogen functional groups attached to an aromatic ring is 1. The SMILES string of the molecule is CC1Cc2ccccc2N1C(=O)c1ccc(NN)cc1. The van der Waals surface area contributed by atoms with E-state index >= 15 is 0 Å². The number of hydrazine groups is 1. The molecule has 1 atom stereocenters. The van der Waals surface area contributed by atoms with Crippen molar-refractivity contribution in [3.05, 3.63) is 59.7 Å². The van der Waals surface area contributed by atoms with Gasteiger partial charge in [-0.1, -0.05) is 18.2 Å². The van der Waals surface area contributed by atoms with Crippen LogP contribution in [0.25, 0.3) is 0 Å². The minimum absolute atomic E-state index is 0.0334. The van der Waals surface area contributed by atoms with Gasteiger partial charge in [-0.05, 0) is 49.2 Å². The summed E-state index contributed by atoms with van der Waals surface area (Å²) >= 11 is 0. The van der Waals surface area contributed by atoms with Gasteiger partial charge in [-0.2, -0.15) is 0 Å². The van der Waals surface area contributed by atoms with Crippen LogP contribution in [0.4, 0.5) is 11.4 Å². The first kappa shape index (κ1) is 12.7. The van der Waals surface area contributed by atoms with E-state index in [1.165, 1.54) is 5.56 Å². The molecule has 3 N–H and O–H groups in total. The van der Waals surface area contributed by atoms with Crippen molar-refractivity contribution in [3.8, 4) is 0 Å². The lowest BCUT2D eigenvalue weighted by Crippen LogP contribution is -2.35. The fourth-order valence-corrected chi connectivity index (χ4v) is 2.72. The molecule has 0 fully saturated rings. The van der Waals surface area contributed by atoms with Crippen LogP contribution in [0, 0.1) is 0 Å². The molecule has 1 unspecified atom stereocenters. The fraction of sp³-hybridized carbons (Fsp3) is 0.188. The molecule has 0 saturated heterocycles. The molecule has 1 amide bonds. The Morgan fingerprint density at radius 2 is 1.90 bits per heavy atom. The van der Waals surface area contributed by atoms with E-state index in [-0.39, 0.29) is 11.9 Å². The largest absolute Gasteiger partial charge is 0.324 e. The highest BCUT2D eigenvalue weighted by Crippen LogP contribution is 2.33. The number of fused-ring (bicyclic) bond motifs is 1. The van der Waals surface area contributed by atoms with Crippen LogP contribution in [0.1, 0.15) is 22.8 Å². The molecule has 1 aliphatic heterocycles. The molecule has 1 heterocycles. The maximum atomic E-state index is 12.7. The van der Waals surface area contributed by atoms with Crippen molar-refractivity contribution < 1.29 is 4.79 Å². The number of rotatable bonds is 2. The molecular weight excluding hydrogens is 250 g/mol. The van der Waals surface area contributed by atoms with E-state index in [9.17, 15) is 4.79 Å². The third kappa shape index (κ3) is 2.04. The number of para-hydroxylation sites is 1. The zero-order valence-corrected chi connectivity index (χ0v) is 11.3. The number of hydrogen-bond donors (Lipinski definition) is 2. The van der Waals surface area contributed by atoms with Gasteiger partial charge in [-0.25, -0.2) is 0 Å². The van der Waals surface area contributed by atoms with Gasteiger partial charge in [0.25, 0.3) is 5.91 Å². The molecular formula is C16H17N3O. The van der Waals surface area contributed by atoms with E-state index < -0.39 is 0 Å². The molecule has 3 rings (SSSR count). The first-order valence-electron chi connectivity index (χ1n) is 6.69. The lowest BCUT2D eigenvalue weighted by molar-refractivity contribution is 0.0981. The van der Waals surface area contributed by atoms with Gasteiger partial charge in [0.1, 0.15) is 0 Å². The summed E-state index contributed by atoms with van der Waals surface area (Å²) in [5.41, 5.74) is 6.27. The van der Waals surface area contributed by atoms with Crippen molar-refractivity contribution in [1.82, 2.24) is 0 Å². The minimum atomic E-state index is 0.0334. The predicted octanol–water partition coefficient (Wildman–Crippen LogP) is 2.56. The number of benzene rings is 2. The van der Waals surface area contributed by atoms with E-state index in [2.05, 4.69) is 18.4 Å². The van der Waals surface area contributed by atoms with Gasteiger partial charge in [-0.15, -0.1) is 0 Å². The third-order valence-corrected chi connectivity index (χ3v) is 3.72. The number of carbonyl (C=O) groups excluding carboxylic acids is 1. The highest BCUT2D eigenvalue weighted by atomic mass is 16.2. The number of nitrogens with zero attached hydrogens (tertiary/aromatic N) is 1. The van der Waals surface area contributed by atoms with Crippen LogP contribution in [0.2, 0.25) is 0 Å². The highest BCUT2D eigenvalue weighted by molar-refractivity contribution is 6.07. The van der Waals surface area contributed by atoms with Crippen LogP contribution >= 0.6 is 0 Å². The molecule has 2 aromatic rings. The van der Waals surface area contributed by atoms with E-state index in [1.807, 2.05) is 23.1 Å². The zero-order valence-electron chi connectivity index (χ0n) is 11.3. The van der Waals surface area contributed by atoms with E-state index in [0.29, 0.717) is 5.56 Å². The number of amides is 1. The zero-order chi connectivity index (χ0) is 14.1. The second kappa shape index (κ2) is 4.98. The standard InChI is InChI=1S/C16H17N3O/c1-11-10-13-4-2-3-5-15(13)19(11)16(20)12-6-8-14(18-17)9-7-12/h2-9,11,18H,10,17H2,1H3. The quantitative estimate of drug-likeness (QED) is 0.649. The van der Waals surface area contributed by atoms with Crippen LogP contribution in [-0.2, 0) is 6.42 Å². The summed E-state index contributed by atoms with van der Waals surface area (Å²) in [7, 11) is 0. The first-order chi connectivity index (χ1) is 9.70.